The highest BCUT2D eigenvalue weighted by Gasteiger charge is 2.29. The van der Waals surface area contributed by atoms with Crippen molar-refractivity contribution in [1.29, 1.82) is 0 Å². The minimum absolute atomic E-state index is 0.00939. The van der Waals surface area contributed by atoms with E-state index in [9.17, 15) is 4.79 Å². The van der Waals surface area contributed by atoms with Crippen LogP contribution in [0.4, 0.5) is 0 Å². The highest BCUT2D eigenvalue weighted by molar-refractivity contribution is 5.86. The molecule has 90 valence electrons. The Bertz CT molecular complexity index is 425. The summed E-state index contributed by atoms with van der Waals surface area (Å²) in [5.74, 6) is 0.962. The molecule has 4 heteroatoms. The number of nitrogens with one attached hydrogen (secondary N) is 1. The first-order chi connectivity index (χ1) is 8.31. The van der Waals surface area contributed by atoms with Gasteiger partial charge in [0.25, 0.3) is 0 Å². The van der Waals surface area contributed by atoms with Gasteiger partial charge in [-0.2, -0.15) is 5.10 Å². The highest BCUT2D eigenvalue weighted by atomic mass is 16.5. The summed E-state index contributed by atoms with van der Waals surface area (Å²) in [6.07, 6.45) is 3.58. The van der Waals surface area contributed by atoms with Gasteiger partial charge in [0, 0.05) is 11.5 Å². The number of hydrazone groups is 1. The zero-order chi connectivity index (χ0) is 12.1. The standard InChI is InChI=1S/C13H16N2O2/c1-2-17-12-6-4-3-5-11(12)9-14-15-13(16)10-7-8-10/h3-6,9-10H,2,7-8H2,1H3,(H,15,16)/b14-9-. The zero-order valence-electron chi connectivity index (χ0n) is 9.85. The van der Waals surface area contributed by atoms with E-state index in [1.165, 1.54) is 0 Å². The quantitative estimate of drug-likeness (QED) is 0.623. The molecule has 17 heavy (non-hydrogen) atoms. The van der Waals surface area contributed by atoms with E-state index in [0.717, 1.165) is 24.2 Å². The molecule has 1 aromatic carbocycles. The summed E-state index contributed by atoms with van der Waals surface area (Å²) in [7, 11) is 0. The van der Waals surface area contributed by atoms with E-state index in [1.54, 1.807) is 6.21 Å². The summed E-state index contributed by atoms with van der Waals surface area (Å²) >= 11 is 0. The van der Waals surface area contributed by atoms with Gasteiger partial charge in [0.1, 0.15) is 5.75 Å². The molecule has 1 aromatic rings. The number of carbonyl (C=O) groups excluding carboxylic acids is 1. The Kier molecular flexibility index (Phi) is 3.75. The van der Waals surface area contributed by atoms with Gasteiger partial charge in [-0.1, -0.05) is 12.1 Å². The van der Waals surface area contributed by atoms with Crippen LogP contribution in [0.2, 0.25) is 0 Å². The molecular formula is C13H16N2O2. The molecule has 0 spiro atoms. The van der Waals surface area contributed by atoms with Crippen molar-refractivity contribution >= 4 is 12.1 Å². The average Bonchev–Trinajstić information content (AvgIpc) is 3.15. The van der Waals surface area contributed by atoms with E-state index in [-0.39, 0.29) is 11.8 Å². The number of carbonyl (C=O) groups is 1. The molecule has 1 fully saturated rings. The summed E-state index contributed by atoms with van der Waals surface area (Å²) in [5, 5.41) is 3.94. The molecule has 0 radical (unpaired) electrons. The molecule has 0 saturated heterocycles. The van der Waals surface area contributed by atoms with Crippen molar-refractivity contribution in [3.05, 3.63) is 29.8 Å². The van der Waals surface area contributed by atoms with Gasteiger partial charge in [0.05, 0.1) is 12.8 Å². The molecule has 1 saturated carbocycles. The Morgan fingerprint density at radius 2 is 2.29 bits per heavy atom. The van der Waals surface area contributed by atoms with Crippen molar-refractivity contribution in [2.75, 3.05) is 6.61 Å². The maximum absolute atomic E-state index is 11.4. The van der Waals surface area contributed by atoms with Crippen molar-refractivity contribution in [1.82, 2.24) is 5.43 Å². The second-order valence-corrected chi connectivity index (χ2v) is 3.98. The van der Waals surface area contributed by atoms with Crippen LogP contribution in [0, 0.1) is 5.92 Å². The number of hydrogen-bond donors (Lipinski definition) is 1. The second-order valence-electron chi connectivity index (χ2n) is 3.98. The number of rotatable bonds is 5. The molecule has 0 aliphatic heterocycles. The van der Waals surface area contributed by atoms with Crippen molar-refractivity contribution in [3.8, 4) is 5.75 Å². The van der Waals surface area contributed by atoms with E-state index in [0.29, 0.717) is 6.61 Å². The van der Waals surface area contributed by atoms with Gasteiger partial charge in [-0.05, 0) is 31.9 Å². The van der Waals surface area contributed by atoms with Crippen LogP contribution >= 0.6 is 0 Å². The Morgan fingerprint density at radius 3 is 3.00 bits per heavy atom. The van der Waals surface area contributed by atoms with Crippen LogP contribution in [0.25, 0.3) is 0 Å². The summed E-state index contributed by atoms with van der Waals surface area (Å²) in [6, 6.07) is 7.60. The molecule has 1 aliphatic rings. The summed E-state index contributed by atoms with van der Waals surface area (Å²) in [5.41, 5.74) is 3.40. The number of amides is 1. The van der Waals surface area contributed by atoms with Gasteiger partial charge in [-0.15, -0.1) is 0 Å². The molecule has 1 aliphatic carbocycles. The lowest BCUT2D eigenvalue weighted by atomic mass is 10.2. The molecule has 1 amide bonds. The smallest absolute Gasteiger partial charge is 0.243 e. The third-order valence-corrected chi connectivity index (χ3v) is 2.55. The molecular weight excluding hydrogens is 216 g/mol. The lowest BCUT2D eigenvalue weighted by Gasteiger charge is -2.05. The fraction of sp³-hybridized carbons (Fsp3) is 0.385. The highest BCUT2D eigenvalue weighted by Crippen LogP contribution is 2.28. The van der Waals surface area contributed by atoms with Crippen LogP contribution in [0.3, 0.4) is 0 Å². The van der Waals surface area contributed by atoms with Gasteiger partial charge in [-0.25, -0.2) is 5.43 Å². The third-order valence-electron chi connectivity index (χ3n) is 2.55. The van der Waals surface area contributed by atoms with Gasteiger partial charge in [0.15, 0.2) is 0 Å². The Balaban J connectivity index is 1.96. The second kappa shape index (κ2) is 5.48. The Morgan fingerprint density at radius 1 is 1.53 bits per heavy atom. The Hall–Kier alpha value is -1.84. The molecule has 2 rings (SSSR count). The number of benzene rings is 1. The summed E-state index contributed by atoms with van der Waals surface area (Å²) in [4.78, 5) is 11.4. The van der Waals surface area contributed by atoms with E-state index in [4.69, 9.17) is 4.74 Å². The molecule has 0 heterocycles. The van der Waals surface area contributed by atoms with Crippen LogP contribution in [-0.4, -0.2) is 18.7 Å². The number of hydrogen-bond acceptors (Lipinski definition) is 3. The van der Waals surface area contributed by atoms with Gasteiger partial charge in [-0.3, -0.25) is 4.79 Å². The predicted molar refractivity (Wildman–Crippen MR) is 66.1 cm³/mol. The zero-order valence-corrected chi connectivity index (χ0v) is 9.85. The summed E-state index contributed by atoms with van der Waals surface area (Å²) < 4.78 is 5.45. The van der Waals surface area contributed by atoms with Crippen LogP contribution in [0.5, 0.6) is 5.75 Å². The molecule has 4 nitrogen and oxygen atoms in total. The van der Waals surface area contributed by atoms with E-state index in [1.807, 2.05) is 31.2 Å². The normalized spacial score (nSPS) is 14.9. The topological polar surface area (TPSA) is 50.7 Å². The van der Waals surface area contributed by atoms with Crippen molar-refractivity contribution < 1.29 is 9.53 Å². The minimum Gasteiger partial charge on any atom is -0.493 e. The number of para-hydroxylation sites is 1. The van der Waals surface area contributed by atoms with Crippen LogP contribution in [0.1, 0.15) is 25.3 Å². The molecule has 0 aromatic heterocycles. The fourth-order valence-electron chi connectivity index (χ4n) is 1.48. The SMILES string of the molecule is CCOc1ccccc1/C=N\NC(=O)C1CC1. The van der Waals surface area contributed by atoms with Gasteiger partial charge in [0.2, 0.25) is 5.91 Å². The average molecular weight is 232 g/mol. The monoisotopic (exact) mass is 232 g/mol. The third kappa shape index (κ3) is 3.31. The van der Waals surface area contributed by atoms with E-state index in [2.05, 4.69) is 10.5 Å². The van der Waals surface area contributed by atoms with E-state index >= 15 is 0 Å². The molecule has 0 atom stereocenters. The first-order valence-electron chi connectivity index (χ1n) is 5.86. The molecule has 0 bridgehead atoms. The van der Waals surface area contributed by atoms with Crippen LogP contribution in [0.15, 0.2) is 29.4 Å². The first kappa shape index (κ1) is 11.6. The van der Waals surface area contributed by atoms with Gasteiger partial charge < -0.3 is 4.74 Å². The van der Waals surface area contributed by atoms with Crippen molar-refractivity contribution in [2.45, 2.75) is 19.8 Å². The Labute approximate surface area is 101 Å². The maximum atomic E-state index is 11.4. The first-order valence-corrected chi connectivity index (χ1v) is 5.86. The minimum atomic E-state index is 0.00939. The maximum Gasteiger partial charge on any atom is 0.243 e. The van der Waals surface area contributed by atoms with Crippen molar-refractivity contribution in [2.24, 2.45) is 11.0 Å². The number of nitrogens with zero attached hydrogens (tertiary/aromatic N) is 1. The van der Waals surface area contributed by atoms with Crippen molar-refractivity contribution in [3.63, 3.8) is 0 Å². The van der Waals surface area contributed by atoms with Crippen LogP contribution in [-0.2, 0) is 4.79 Å². The molecule has 0 unspecified atom stereocenters. The lowest BCUT2D eigenvalue weighted by Crippen LogP contribution is -2.19. The lowest BCUT2D eigenvalue weighted by molar-refractivity contribution is -0.122. The summed E-state index contributed by atoms with van der Waals surface area (Å²) in [6.45, 7) is 2.54. The van der Waals surface area contributed by atoms with Crippen LogP contribution < -0.4 is 10.2 Å². The predicted octanol–water partition coefficient (Wildman–Crippen LogP) is 1.95. The fourth-order valence-corrected chi connectivity index (χ4v) is 1.48. The molecule has 1 N–H and O–H groups in total. The van der Waals surface area contributed by atoms with E-state index < -0.39 is 0 Å². The number of ether oxygens (including phenoxy) is 1. The largest absolute Gasteiger partial charge is 0.493 e. The van der Waals surface area contributed by atoms with Gasteiger partial charge >= 0.3 is 0 Å².